The Kier molecular flexibility index (Phi) is 4.35. The van der Waals surface area contributed by atoms with Crippen molar-refractivity contribution in [1.82, 2.24) is 0 Å². The highest BCUT2D eigenvalue weighted by Gasteiger charge is 2.12. The third kappa shape index (κ3) is 3.32. The van der Waals surface area contributed by atoms with Crippen molar-refractivity contribution in [1.29, 1.82) is 0 Å². The Morgan fingerprint density at radius 3 is 2.40 bits per heavy atom. The molecule has 2 aromatic carbocycles. The Morgan fingerprint density at radius 2 is 1.80 bits per heavy atom. The van der Waals surface area contributed by atoms with Crippen molar-refractivity contribution in [3.8, 4) is 0 Å². The van der Waals surface area contributed by atoms with Gasteiger partial charge in [0.1, 0.15) is 0 Å². The molecule has 0 radical (unpaired) electrons. The lowest BCUT2D eigenvalue weighted by Crippen LogP contribution is -2.14. The number of nitrogens with one attached hydrogen (secondary N) is 1. The van der Waals surface area contributed by atoms with Gasteiger partial charge in [0.25, 0.3) is 5.91 Å². The summed E-state index contributed by atoms with van der Waals surface area (Å²) in [5.41, 5.74) is 9.47. The van der Waals surface area contributed by atoms with Gasteiger partial charge in [-0.05, 0) is 71.2 Å². The lowest BCUT2D eigenvalue weighted by atomic mass is 10.1. The standard InChI is InChI=1S/C15H14BrClN2O/c1-8-3-10(7-11(17)4-8)15(20)19-14-12(16)5-9(2)6-13(14)18/h3-7H,18H2,1-2H3,(H,19,20). The second-order valence-corrected chi connectivity index (χ2v) is 5.97. The molecule has 0 atom stereocenters. The molecule has 3 nitrogen and oxygen atoms in total. The molecule has 0 unspecified atom stereocenters. The van der Waals surface area contributed by atoms with E-state index in [4.69, 9.17) is 17.3 Å². The summed E-state index contributed by atoms with van der Waals surface area (Å²) >= 11 is 9.37. The predicted octanol–water partition coefficient (Wildman–Crippen LogP) is 4.55. The van der Waals surface area contributed by atoms with E-state index in [9.17, 15) is 4.79 Å². The Hall–Kier alpha value is -1.52. The third-order valence-corrected chi connectivity index (χ3v) is 3.65. The second-order valence-electron chi connectivity index (χ2n) is 4.68. The van der Waals surface area contributed by atoms with Crippen molar-refractivity contribution < 1.29 is 4.79 Å². The predicted molar refractivity (Wildman–Crippen MR) is 87.4 cm³/mol. The van der Waals surface area contributed by atoms with Gasteiger partial charge in [-0.2, -0.15) is 0 Å². The molecule has 0 aliphatic heterocycles. The van der Waals surface area contributed by atoms with E-state index in [0.717, 1.165) is 15.6 Å². The van der Waals surface area contributed by atoms with E-state index in [0.29, 0.717) is 22.0 Å². The second kappa shape index (κ2) is 5.85. The number of nitrogens with two attached hydrogens (primary N) is 1. The summed E-state index contributed by atoms with van der Waals surface area (Å²) in [6, 6.07) is 8.91. The zero-order valence-electron chi connectivity index (χ0n) is 11.1. The summed E-state index contributed by atoms with van der Waals surface area (Å²) in [6.45, 7) is 3.83. The number of hydrogen-bond donors (Lipinski definition) is 2. The number of carbonyl (C=O) groups excluding carboxylic acids is 1. The van der Waals surface area contributed by atoms with Crippen molar-refractivity contribution in [3.63, 3.8) is 0 Å². The van der Waals surface area contributed by atoms with E-state index >= 15 is 0 Å². The molecule has 5 heteroatoms. The first-order valence-electron chi connectivity index (χ1n) is 6.01. The van der Waals surface area contributed by atoms with Crippen LogP contribution in [-0.2, 0) is 0 Å². The lowest BCUT2D eigenvalue weighted by Gasteiger charge is -2.12. The van der Waals surface area contributed by atoms with Crippen molar-refractivity contribution in [2.45, 2.75) is 13.8 Å². The highest BCUT2D eigenvalue weighted by atomic mass is 79.9. The van der Waals surface area contributed by atoms with Gasteiger partial charge >= 0.3 is 0 Å². The fourth-order valence-corrected chi connectivity index (χ4v) is 2.93. The molecule has 0 saturated carbocycles. The molecule has 0 heterocycles. The van der Waals surface area contributed by atoms with Gasteiger partial charge in [-0.25, -0.2) is 0 Å². The SMILES string of the molecule is Cc1cc(Cl)cc(C(=O)Nc2c(N)cc(C)cc2Br)c1. The van der Waals surface area contributed by atoms with E-state index in [1.165, 1.54) is 0 Å². The Balaban J connectivity index is 2.32. The van der Waals surface area contributed by atoms with Crippen LogP contribution in [0.4, 0.5) is 11.4 Å². The number of halogens is 2. The maximum Gasteiger partial charge on any atom is 0.255 e. The Bertz CT molecular complexity index is 642. The molecule has 3 N–H and O–H groups in total. The first-order chi connectivity index (χ1) is 9.36. The van der Waals surface area contributed by atoms with Crippen LogP contribution in [0.3, 0.4) is 0 Å². The van der Waals surface area contributed by atoms with Gasteiger partial charge in [0.2, 0.25) is 0 Å². The smallest absolute Gasteiger partial charge is 0.255 e. The highest BCUT2D eigenvalue weighted by Crippen LogP contribution is 2.30. The van der Waals surface area contributed by atoms with E-state index < -0.39 is 0 Å². The number of amides is 1. The van der Waals surface area contributed by atoms with Gasteiger partial charge in [-0.15, -0.1) is 0 Å². The number of carbonyl (C=O) groups is 1. The summed E-state index contributed by atoms with van der Waals surface area (Å²) < 4.78 is 0.752. The van der Waals surface area contributed by atoms with Crippen molar-refractivity contribution >= 4 is 44.8 Å². The molecule has 0 fully saturated rings. The van der Waals surface area contributed by atoms with Gasteiger partial charge in [-0.1, -0.05) is 11.6 Å². The molecule has 0 bridgehead atoms. The van der Waals surface area contributed by atoms with Crippen LogP contribution < -0.4 is 11.1 Å². The molecule has 20 heavy (non-hydrogen) atoms. The number of benzene rings is 2. The van der Waals surface area contributed by atoms with Crippen LogP contribution in [0, 0.1) is 13.8 Å². The molecule has 2 aromatic rings. The summed E-state index contributed by atoms with van der Waals surface area (Å²) in [5.74, 6) is -0.244. The molecule has 104 valence electrons. The van der Waals surface area contributed by atoms with E-state index in [1.54, 1.807) is 18.2 Å². The third-order valence-electron chi connectivity index (χ3n) is 2.81. The van der Waals surface area contributed by atoms with Crippen LogP contribution in [0.15, 0.2) is 34.8 Å². The van der Waals surface area contributed by atoms with Crippen LogP contribution in [0.1, 0.15) is 21.5 Å². The number of aryl methyl sites for hydroxylation is 2. The molecule has 0 spiro atoms. The van der Waals surface area contributed by atoms with Crippen LogP contribution in [0.2, 0.25) is 5.02 Å². The van der Waals surface area contributed by atoms with Crippen molar-refractivity contribution in [3.05, 3.63) is 56.5 Å². The van der Waals surface area contributed by atoms with E-state index in [1.807, 2.05) is 26.0 Å². The van der Waals surface area contributed by atoms with E-state index in [2.05, 4.69) is 21.2 Å². The minimum absolute atomic E-state index is 0.244. The molecule has 1 amide bonds. The molecular weight excluding hydrogens is 340 g/mol. The van der Waals surface area contributed by atoms with Gasteiger partial charge < -0.3 is 11.1 Å². The number of anilines is 2. The van der Waals surface area contributed by atoms with Crippen LogP contribution in [0.5, 0.6) is 0 Å². The average Bonchev–Trinajstić information content (AvgIpc) is 2.32. The Labute approximate surface area is 131 Å². The number of nitrogen functional groups attached to an aromatic ring is 1. The molecule has 0 aromatic heterocycles. The normalized spacial score (nSPS) is 10.4. The molecule has 0 aliphatic rings. The molecule has 2 rings (SSSR count). The van der Waals surface area contributed by atoms with Gasteiger partial charge in [-0.3, -0.25) is 4.79 Å². The average molecular weight is 354 g/mol. The molecular formula is C15H14BrClN2O. The lowest BCUT2D eigenvalue weighted by molar-refractivity contribution is 0.102. The maximum absolute atomic E-state index is 12.3. The van der Waals surface area contributed by atoms with Crippen molar-refractivity contribution in [2.75, 3.05) is 11.1 Å². The fraction of sp³-hybridized carbons (Fsp3) is 0.133. The van der Waals surface area contributed by atoms with Gasteiger partial charge in [0.05, 0.1) is 11.4 Å². The van der Waals surface area contributed by atoms with Crippen LogP contribution in [-0.4, -0.2) is 5.91 Å². The summed E-state index contributed by atoms with van der Waals surface area (Å²) in [7, 11) is 0. The topological polar surface area (TPSA) is 55.1 Å². The zero-order chi connectivity index (χ0) is 14.9. The molecule has 0 saturated heterocycles. The summed E-state index contributed by atoms with van der Waals surface area (Å²) in [4.78, 5) is 12.3. The maximum atomic E-state index is 12.3. The zero-order valence-corrected chi connectivity index (χ0v) is 13.5. The highest BCUT2D eigenvalue weighted by molar-refractivity contribution is 9.10. The summed E-state index contributed by atoms with van der Waals surface area (Å²) in [6.07, 6.45) is 0. The van der Waals surface area contributed by atoms with Gasteiger partial charge in [0.15, 0.2) is 0 Å². The van der Waals surface area contributed by atoms with Crippen LogP contribution >= 0.6 is 27.5 Å². The van der Waals surface area contributed by atoms with Crippen molar-refractivity contribution in [2.24, 2.45) is 0 Å². The first-order valence-corrected chi connectivity index (χ1v) is 7.18. The number of rotatable bonds is 2. The molecule has 0 aliphatic carbocycles. The number of hydrogen-bond acceptors (Lipinski definition) is 2. The summed E-state index contributed by atoms with van der Waals surface area (Å²) in [5, 5.41) is 3.34. The quantitative estimate of drug-likeness (QED) is 0.778. The minimum atomic E-state index is -0.244. The van der Waals surface area contributed by atoms with E-state index in [-0.39, 0.29) is 5.91 Å². The van der Waals surface area contributed by atoms with Gasteiger partial charge in [0, 0.05) is 15.1 Å². The monoisotopic (exact) mass is 352 g/mol. The minimum Gasteiger partial charge on any atom is -0.397 e. The largest absolute Gasteiger partial charge is 0.397 e. The Morgan fingerprint density at radius 1 is 1.15 bits per heavy atom. The van der Waals surface area contributed by atoms with Crippen LogP contribution in [0.25, 0.3) is 0 Å². The first kappa shape index (κ1) is 14.9. The fourth-order valence-electron chi connectivity index (χ4n) is 1.95.